The van der Waals surface area contributed by atoms with Gasteiger partial charge in [-0.2, -0.15) is 0 Å². The Bertz CT molecular complexity index is 285. The van der Waals surface area contributed by atoms with Crippen LogP contribution in [-0.2, 0) is 0 Å². The van der Waals surface area contributed by atoms with Crippen molar-refractivity contribution in [3.63, 3.8) is 0 Å². The standard InChI is InChI=1S/C12H21NOS/c1-9-6-8-15-12(9)11(3)13-10(2)5-4-7-14/h6,8,10-11,13-14H,4-5,7H2,1-3H3/t10-,11+/m0/s1. The molecule has 86 valence electrons. The number of hydrogen-bond donors (Lipinski definition) is 2. The molecule has 0 saturated heterocycles. The largest absolute Gasteiger partial charge is 0.396 e. The summed E-state index contributed by atoms with van der Waals surface area (Å²) in [7, 11) is 0. The summed E-state index contributed by atoms with van der Waals surface area (Å²) in [6.07, 6.45) is 1.91. The molecule has 1 aromatic rings. The Kier molecular flexibility index (Phi) is 5.29. The van der Waals surface area contributed by atoms with Gasteiger partial charge in [-0.3, -0.25) is 0 Å². The minimum absolute atomic E-state index is 0.290. The molecule has 2 nitrogen and oxygen atoms in total. The predicted octanol–water partition coefficient (Wildman–Crippen LogP) is 2.87. The summed E-state index contributed by atoms with van der Waals surface area (Å²) in [6.45, 7) is 6.82. The fraction of sp³-hybridized carbons (Fsp3) is 0.667. The van der Waals surface area contributed by atoms with Gasteiger partial charge in [0.15, 0.2) is 0 Å². The first-order valence-electron chi connectivity index (χ1n) is 5.56. The number of thiophene rings is 1. The first-order chi connectivity index (χ1) is 7.15. The van der Waals surface area contributed by atoms with Crippen molar-refractivity contribution in [2.75, 3.05) is 6.61 Å². The van der Waals surface area contributed by atoms with Gasteiger partial charge in [0, 0.05) is 23.6 Å². The third-order valence-electron chi connectivity index (χ3n) is 2.62. The van der Waals surface area contributed by atoms with Crippen LogP contribution in [-0.4, -0.2) is 17.8 Å². The Labute approximate surface area is 96.3 Å². The quantitative estimate of drug-likeness (QED) is 0.783. The Morgan fingerprint density at radius 2 is 2.20 bits per heavy atom. The van der Waals surface area contributed by atoms with E-state index in [-0.39, 0.29) is 0 Å². The molecule has 1 aromatic heterocycles. The molecule has 0 unspecified atom stereocenters. The van der Waals surface area contributed by atoms with E-state index in [4.69, 9.17) is 5.11 Å². The summed E-state index contributed by atoms with van der Waals surface area (Å²) in [5, 5.41) is 14.4. The smallest absolute Gasteiger partial charge is 0.0431 e. The van der Waals surface area contributed by atoms with Gasteiger partial charge in [-0.15, -0.1) is 11.3 Å². The lowest BCUT2D eigenvalue weighted by molar-refractivity contribution is 0.274. The van der Waals surface area contributed by atoms with E-state index in [1.807, 2.05) is 11.3 Å². The molecule has 0 amide bonds. The highest BCUT2D eigenvalue weighted by Crippen LogP contribution is 2.23. The molecule has 0 fully saturated rings. The molecule has 2 atom stereocenters. The Balaban J connectivity index is 2.42. The van der Waals surface area contributed by atoms with Gasteiger partial charge in [-0.05, 0) is 50.6 Å². The molecule has 1 rings (SSSR count). The van der Waals surface area contributed by atoms with E-state index in [1.165, 1.54) is 10.4 Å². The van der Waals surface area contributed by atoms with E-state index < -0.39 is 0 Å². The summed E-state index contributed by atoms with van der Waals surface area (Å²) in [6, 6.07) is 3.05. The van der Waals surface area contributed by atoms with E-state index >= 15 is 0 Å². The van der Waals surface area contributed by atoms with Gasteiger partial charge in [0.1, 0.15) is 0 Å². The highest BCUT2D eigenvalue weighted by Gasteiger charge is 2.12. The molecule has 0 radical (unpaired) electrons. The molecular weight excluding hydrogens is 206 g/mol. The Morgan fingerprint density at radius 1 is 1.47 bits per heavy atom. The summed E-state index contributed by atoms with van der Waals surface area (Å²) >= 11 is 1.81. The first kappa shape index (κ1) is 12.7. The van der Waals surface area contributed by atoms with E-state index in [0.717, 1.165) is 12.8 Å². The molecular formula is C12H21NOS. The van der Waals surface area contributed by atoms with Crippen molar-refractivity contribution < 1.29 is 5.11 Å². The predicted molar refractivity (Wildman–Crippen MR) is 66.4 cm³/mol. The highest BCUT2D eigenvalue weighted by molar-refractivity contribution is 7.10. The van der Waals surface area contributed by atoms with Crippen LogP contribution in [0.15, 0.2) is 11.4 Å². The van der Waals surface area contributed by atoms with Crippen molar-refractivity contribution in [1.29, 1.82) is 0 Å². The van der Waals surface area contributed by atoms with Gasteiger partial charge < -0.3 is 10.4 Å². The summed E-state index contributed by atoms with van der Waals surface area (Å²) in [5.74, 6) is 0. The lowest BCUT2D eigenvalue weighted by Crippen LogP contribution is -2.28. The van der Waals surface area contributed by atoms with Crippen LogP contribution in [0.5, 0.6) is 0 Å². The minimum Gasteiger partial charge on any atom is -0.396 e. The first-order valence-corrected chi connectivity index (χ1v) is 6.44. The van der Waals surface area contributed by atoms with Crippen molar-refractivity contribution >= 4 is 11.3 Å². The van der Waals surface area contributed by atoms with Gasteiger partial charge in [0.05, 0.1) is 0 Å². The molecule has 3 heteroatoms. The van der Waals surface area contributed by atoms with Crippen molar-refractivity contribution in [3.05, 3.63) is 21.9 Å². The zero-order chi connectivity index (χ0) is 11.3. The third-order valence-corrected chi connectivity index (χ3v) is 3.83. The number of nitrogens with one attached hydrogen (secondary N) is 1. The van der Waals surface area contributed by atoms with Crippen LogP contribution in [0.25, 0.3) is 0 Å². The molecule has 2 N–H and O–H groups in total. The van der Waals surface area contributed by atoms with Crippen LogP contribution in [0, 0.1) is 6.92 Å². The maximum absolute atomic E-state index is 8.75. The maximum Gasteiger partial charge on any atom is 0.0431 e. The van der Waals surface area contributed by atoms with E-state index in [0.29, 0.717) is 18.7 Å². The number of hydrogen-bond acceptors (Lipinski definition) is 3. The lowest BCUT2D eigenvalue weighted by Gasteiger charge is -2.19. The SMILES string of the molecule is Cc1ccsc1[C@@H](C)N[C@@H](C)CCCO. The second-order valence-corrected chi connectivity index (χ2v) is 5.07. The zero-order valence-electron chi connectivity index (χ0n) is 9.79. The third kappa shape index (κ3) is 3.93. The van der Waals surface area contributed by atoms with Crippen LogP contribution in [0.2, 0.25) is 0 Å². The Morgan fingerprint density at radius 3 is 2.73 bits per heavy atom. The second kappa shape index (κ2) is 6.26. The zero-order valence-corrected chi connectivity index (χ0v) is 10.6. The average molecular weight is 227 g/mol. The van der Waals surface area contributed by atoms with Gasteiger partial charge in [-0.1, -0.05) is 0 Å². The molecule has 0 aliphatic rings. The van der Waals surface area contributed by atoms with Crippen molar-refractivity contribution in [1.82, 2.24) is 5.32 Å². The van der Waals surface area contributed by atoms with Crippen molar-refractivity contribution in [2.45, 2.75) is 45.7 Å². The fourth-order valence-corrected chi connectivity index (χ4v) is 2.76. The molecule has 0 bridgehead atoms. The number of aliphatic hydroxyl groups is 1. The fourth-order valence-electron chi connectivity index (χ4n) is 1.81. The Hall–Kier alpha value is -0.380. The van der Waals surface area contributed by atoms with E-state index in [9.17, 15) is 0 Å². The van der Waals surface area contributed by atoms with Crippen LogP contribution >= 0.6 is 11.3 Å². The lowest BCUT2D eigenvalue weighted by atomic mass is 10.1. The number of aliphatic hydroxyl groups excluding tert-OH is 1. The summed E-state index contributed by atoms with van der Waals surface area (Å²) in [4.78, 5) is 1.42. The molecule has 0 aliphatic heterocycles. The van der Waals surface area contributed by atoms with Crippen molar-refractivity contribution in [2.24, 2.45) is 0 Å². The van der Waals surface area contributed by atoms with Crippen molar-refractivity contribution in [3.8, 4) is 0 Å². The molecule has 0 aliphatic carbocycles. The summed E-state index contributed by atoms with van der Waals surface area (Å²) < 4.78 is 0. The topological polar surface area (TPSA) is 32.3 Å². The molecule has 0 saturated carbocycles. The van der Waals surface area contributed by atoms with Gasteiger partial charge in [0.25, 0.3) is 0 Å². The molecule has 0 aromatic carbocycles. The normalized spacial score (nSPS) is 15.2. The minimum atomic E-state index is 0.290. The average Bonchev–Trinajstić information content (AvgIpc) is 2.61. The maximum atomic E-state index is 8.75. The molecule has 1 heterocycles. The molecule has 0 spiro atoms. The van der Waals surface area contributed by atoms with Gasteiger partial charge in [0.2, 0.25) is 0 Å². The molecule has 15 heavy (non-hydrogen) atoms. The monoisotopic (exact) mass is 227 g/mol. The van der Waals surface area contributed by atoms with Crippen LogP contribution in [0.4, 0.5) is 0 Å². The highest BCUT2D eigenvalue weighted by atomic mass is 32.1. The number of aryl methyl sites for hydroxylation is 1. The van der Waals surface area contributed by atoms with Crippen LogP contribution in [0.1, 0.15) is 43.2 Å². The van der Waals surface area contributed by atoms with E-state index in [2.05, 4.69) is 37.5 Å². The van der Waals surface area contributed by atoms with Gasteiger partial charge >= 0.3 is 0 Å². The number of rotatable bonds is 6. The van der Waals surface area contributed by atoms with Crippen LogP contribution < -0.4 is 5.32 Å². The summed E-state index contributed by atoms with van der Waals surface area (Å²) in [5.41, 5.74) is 1.37. The van der Waals surface area contributed by atoms with E-state index in [1.54, 1.807) is 0 Å². The second-order valence-electron chi connectivity index (χ2n) is 4.12. The van der Waals surface area contributed by atoms with Gasteiger partial charge in [-0.25, -0.2) is 0 Å². The van der Waals surface area contributed by atoms with Crippen LogP contribution in [0.3, 0.4) is 0 Å².